The second kappa shape index (κ2) is 5.99. The van der Waals surface area contributed by atoms with Crippen LogP contribution in [0, 0.1) is 5.92 Å². The number of hydrogen-bond donors (Lipinski definition) is 1. The maximum Gasteiger partial charge on any atom is 0.169 e. The molecule has 0 radical (unpaired) electrons. The first-order valence-electron chi connectivity index (χ1n) is 7.83. The molecule has 20 heavy (non-hydrogen) atoms. The van der Waals surface area contributed by atoms with Crippen molar-refractivity contribution < 1.29 is 9.90 Å². The van der Waals surface area contributed by atoms with Crippen LogP contribution in [0.5, 0.6) is 5.75 Å². The highest BCUT2D eigenvalue weighted by Gasteiger charge is 2.26. The van der Waals surface area contributed by atoms with Crippen LogP contribution in [0.1, 0.15) is 75.2 Å². The molecule has 0 heterocycles. The molecule has 0 spiro atoms. The second-order valence-corrected chi connectivity index (χ2v) is 6.67. The number of phenolic OH excluding ortho intramolecular Hbond substituents is 1. The fourth-order valence-corrected chi connectivity index (χ4v) is 2.94. The van der Waals surface area contributed by atoms with E-state index in [1.54, 1.807) is 6.07 Å². The van der Waals surface area contributed by atoms with Crippen molar-refractivity contribution in [1.29, 1.82) is 0 Å². The van der Waals surface area contributed by atoms with Gasteiger partial charge < -0.3 is 5.11 Å². The van der Waals surface area contributed by atoms with E-state index in [0.717, 1.165) is 37.7 Å². The quantitative estimate of drug-likeness (QED) is 0.797. The average molecular weight is 274 g/mol. The summed E-state index contributed by atoms with van der Waals surface area (Å²) < 4.78 is 0. The van der Waals surface area contributed by atoms with Gasteiger partial charge in [-0.25, -0.2) is 0 Å². The Kier molecular flexibility index (Phi) is 4.52. The molecule has 2 rings (SSSR count). The summed E-state index contributed by atoms with van der Waals surface area (Å²) in [5.74, 6) is 0.377. The standard InChI is InChI=1S/C18H26O2/c1-4-18(2,3)14-10-11-16(19)15(12-14)17(20)13-8-6-5-7-9-13/h10-13,19H,4-9H2,1-3H3. The fourth-order valence-electron chi connectivity index (χ4n) is 2.94. The molecule has 1 aromatic rings. The first-order chi connectivity index (χ1) is 9.45. The van der Waals surface area contributed by atoms with E-state index in [1.165, 1.54) is 6.42 Å². The molecule has 1 N–H and O–H groups in total. The lowest BCUT2D eigenvalue weighted by molar-refractivity contribution is 0.0886. The molecule has 2 heteroatoms. The van der Waals surface area contributed by atoms with Crippen molar-refractivity contribution in [2.45, 2.75) is 64.7 Å². The van der Waals surface area contributed by atoms with E-state index in [0.29, 0.717) is 5.56 Å². The second-order valence-electron chi connectivity index (χ2n) is 6.67. The SMILES string of the molecule is CCC(C)(C)c1ccc(O)c(C(=O)C2CCCCC2)c1. The summed E-state index contributed by atoms with van der Waals surface area (Å²) >= 11 is 0. The molecule has 1 fully saturated rings. The summed E-state index contributed by atoms with van der Waals surface area (Å²) in [7, 11) is 0. The van der Waals surface area contributed by atoms with Crippen LogP contribution < -0.4 is 0 Å². The lowest BCUT2D eigenvalue weighted by atomic mass is 9.79. The first kappa shape index (κ1) is 15.1. The molecular weight excluding hydrogens is 248 g/mol. The highest BCUT2D eigenvalue weighted by Crippen LogP contribution is 2.34. The van der Waals surface area contributed by atoms with Crippen LogP contribution in [0.4, 0.5) is 0 Å². The normalized spacial score (nSPS) is 17.1. The van der Waals surface area contributed by atoms with E-state index >= 15 is 0 Å². The third-order valence-electron chi connectivity index (χ3n) is 4.90. The van der Waals surface area contributed by atoms with Gasteiger partial charge in [0.25, 0.3) is 0 Å². The van der Waals surface area contributed by atoms with Crippen molar-refractivity contribution in [3.63, 3.8) is 0 Å². The molecule has 1 aromatic carbocycles. The minimum absolute atomic E-state index is 0.0370. The summed E-state index contributed by atoms with van der Waals surface area (Å²) in [5, 5.41) is 10.1. The molecule has 0 aliphatic heterocycles. The number of benzene rings is 1. The Morgan fingerprint density at radius 3 is 2.50 bits per heavy atom. The van der Waals surface area contributed by atoms with Crippen LogP contribution in [-0.4, -0.2) is 10.9 Å². The van der Waals surface area contributed by atoms with Gasteiger partial charge in [0.2, 0.25) is 0 Å². The average Bonchev–Trinajstić information content (AvgIpc) is 2.47. The van der Waals surface area contributed by atoms with Gasteiger partial charge in [0.05, 0.1) is 5.56 Å². The Balaban J connectivity index is 2.30. The van der Waals surface area contributed by atoms with Crippen molar-refractivity contribution in [1.82, 2.24) is 0 Å². The number of phenols is 1. The van der Waals surface area contributed by atoms with Gasteiger partial charge in [0.15, 0.2) is 5.78 Å². The highest BCUT2D eigenvalue weighted by atomic mass is 16.3. The molecule has 0 aromatic heterocycles. The molecule has 0 amide bonds. The van der Waals surface area contributed by atoms with Crippen molar-refractivity contribution in [2.75, 3.05) is 0 Å². The first-order valence-corrected chi connectivity index (χ1v) is 7.83. The van der Waals surface area contributed by atoms with Crippen LogP contribution in [-0.2, 0) is 5.41 Å². The largest absolute Gasteiger partial charge is 0.507 e. The van der Waals surface area contributed by atoms with Gasteiger partial charge in [-0.1, -0.05) is 46.1 Å². The summed E-state index contributed by atoms with van der Waals surface area (Å²) in [6.45, 7) is 6.50. The maximum atomic E-state index is 12.6. The number of Topliss-reactive ketones (excluding diaryl/α,β-unsaturated/α-hetero) is 1. The van der Waals surface area contributed by atoms with Crippen LogP contribution in [0.15, 0.2) is 18.2 Å². The molecule has 0 bridgehead atoms. The van der Waals surface area contributed by atoms with Crippen LogP contribution >= 0.6 is 0 Å². The smallest absolute Gasteiger partial charge is 0.169 e. The zero-order valence-corrected chi connectivity index (χ0v) is 12.9. The van der Waals surface area contributed by atoms with Crippen molar-refractivity contribution in [3.05, 3.63) is 29.3 Å². The number of rotatable bonds is 4. The third-order valence-corrected chi connectivity index (χ3v) is 4.90. The van der Waals surface area contributed by atoms with E-state index in [2.05, 4.69) is 20.8 Å². The topological polar surface area (TPSA) is 37.3 Å². The zero-order chi connectivity index (χ0) is 14.8. The van der Waals surface area contributed by atoms with E-state index in [-0.39, 0.29) is 22.9 Å². The lowest BCUT2D eigenvalue weighted by Gasteiger charge is -2.25. The summed E-state index contributed by atoms with van der Waals surface area (Å²) in [4.78, 5) is 12.6. The van der Waals surface area contributed by atoms with Crippen LogP contribution in [0.3, 0.4) is 0 Å². The Labute approximate surface area is 122 Å². The monoisotopic (exact) mass is 274 g/mol. The van der Waals surface area contributed by atoms with E-state index in [9.17, 15) is 9.90 Å². The maximum absolute atomic E-state index is 12.6. The van der Waals surface area contributed by atoms with Gasteiger partial charge >= 0.3 is 0 Å². The number of carbonyl (C=O) groups is 1. The molecular formula is C18H26O2. The fraction of sp³-hybridized carbons (Fsp3) is 0.611. The lowest BCUT2D eigenvalue weighted by Crippen LogP contribution is -2.20. The van der Waals surface area contributed by atoms with Gasteiger partial charge in [-0.3, -0.25) is 4.79 Å². The van der Waals surface area contributed by atoms with E-state index < -0.39 is 0 Å². The number of hydrogen-bond acceptors (Lipinski definition) is 2. The number of ketones is 1. The Bertz CT molecular complexity index is 482. The van der Waals surface area contributed by atoms with Crippen molar-refractivity contribution >= 4 is 5.78 Å². The summed E-state index contributed by atoms with van der Waals surface area (Å²) in [5.41, 5.74) is 1.70. The predicted octanol–water partition coefficient (Wildman–Crippen LogP) is 4.84. The highest BCUT2D eigenvalue weighted by molar-refractivity contribution is 6.00. The van der Waals surface area contributed by atoms with Crippen molar-refractivity contribution in [3.8, 4) is 5.75 Å². The molecule has 1 saturated carbocycles. The Morgan fingerprint density at radius 1 is 1.25 bits per heavy atom. The number of carbonyl (C=O) groups excluding carboxylic acids is 1. The van der Waals surface area contributed by atoms with Crippen LogP contribution in [0.2, 0.25) is 0 Å². The number of aromatic hydroxyl groups is 1. The molecule has 1 aliphatic carbocycles. The van der Waals surface area contributed by atoms with E-state index in [4.69, 9.17) is 0 Å². The minimum atomic E-state index is 0.0370. The van der Waals surface area contributed by atoms with Crippen LogP contribution in [0.25, 0.3) is 0 Å². The third kappa shape index (κ3) is 3.05. The molecule has 1 aliphatic rings. The van der Waals surface area contributed by atoms with Gasteiger partial charge in [0.1, 0.15) is 5.75 Å². The molecule has 110 valence electrons. The van der Waals surface area contributed by atoms with Gasteiger partial charge in [0, 0.05) is 5.92 Å². The van der Waals surface area contributed by atoms with Gasteiger partial charge in [-0.05, 0) is 42.4 Å². The minimum Gasteiger partial charge on any atom is -0.507 e. The molecule has 2 nitrogen and oxygen atoms in total. The zero-order valence-electron chi connectivity index (χ0n) is 12.9. The summed E-state index contributed by atoms with van der Waals surface area (Å²) in [6, 6.07) is 5.54. The predicted molar refractivity (Wildman–Crippen MR) is 82.3 cm³/mol. The Morgan fingerprint density at radius 2 is 1.90 bits per heavy atom. The van der Waals surface area contributed by atoms with E-state index in [1.807, 2.05) is 12.1 Å². The Hall–Kier alpha value is -1.31. The molecule has 0 atom stereocenters. The summed E-state index contributed by atoms with van der Waals surface area (Å²) in [6.07, 6.45) is 6.46. The molecule has 0 unspecified atom stereocenters. The molecule has 0 saturated heterocycles. The van der Waals surface area contributed by atoms with Gasteiger partial charge in [-0.15, -0.1) is 0 Å². The van der Waals surface area contributed by atoms with Crippen molar-refractivity contribution in [2.24, 2.45) is 5.92 Å². The van der Waals surface area contributed by atoms with Gasteiger partial charge in [-0.2, -0.15) is 0 Å².